The Labute approximate surface area is 168 Å². The fourth-order valence-electron chi connectivity index (χ4n) is 3.46. The van der Waals surface area contributed by atoms with Crippen LogP contribution < -0.4 is 10.1 Å². The van der Waals surface area contributed by atoms with Crippen molar-refractivity contribution in [2.24, 2.45) is 5.92 Å². The van der Waals surface area contributed by atoms with Gasteiger partial charge in [-0.25, -0.2) is 4.98 Å². The van der Waals surface area contributed by atoms with Crippen LogP contribution in [0.15, 0.2) is 29.6 Å². The maximum absolute atomic E-state index is 13.0. The highest BCUT2D eigenvalue weighted by molar-refractivity contribution is 7.09. The first-order valence-corrected chi connectivity index (χ1v) is 10.7. The molecule has 1 aliphatic heterocycles. The van der Waals surface area contributed by atoms with Crippen LogP contribution in [0.25, 0.3) is 0 Å². The van der Waals surface area contributed by atoms with E-state index in [0.717, 1.165) is 36.4 Å². The zero-order chi connectivity index (χ0) is 19.5. The molecule has 4 rings (SSSR count). The molecular formula is C21H25N3O3S. The van der Waals surface area contributed by atoms with Gasteiger partial charge < -0.3 is 15.0 Å². The molecule has 2 fully saturated rings. The summed E-state index contributed by atoms with van der Waals surface area (Å²) in [6.07, 6.45) is 3.86. The third-order valence-electron chi connectivity index (χ3n) is 5.14. The fourth-order valence-corrected chi connectivity index (χ4v) is 4.05. The quantitative estimate of drug-likeness (QED) is 0.810. The first-order chi connectivity index (χ1) is 13.6. The lowest BCUT2D eigenvalue weighted by Gasteiger charge is -2.32. The van der Waals surface area contributed by atoms with E-state index in [1.807, 2.05) is 24.4 Å². The number of aryl methyl sites for hydroxylation is 1. The number of ether oxygens (including phenoxy) is 1. The first-order valence-electron chi connectivity index (χ1n) is 9.82. The van der Waals surface area contributed by atoms with Crippen molar-refractivity contribution in [2.45, 2.75) is 45.3 Å². The van der Waals surface area contributed by atoms with Crippen molar-refractivity contribution in [1.29, 1.82) is 0 Å². The predicted octanol–water partition coefficient (Wildman–Crippen LogP) is 3.16. The number of carbonyl (C=O) groups excluding carboxylic acids is 2. The molecule has 1 aromatic carbocycles. The number of likely N-dealkylation sites (tertiary alicyclic amines) is 1. The van der Waals surface area contributed by atoms with Crippen molar-refractivity contribution >= 4 is 23.2 Å². The average molecular weight is 400 g/mol. The summed E-state index contributed by atoms with van der Waals surface area (Å²) in [7, 11) is 0. The van der Waals surface area contributed by atoms with E-state index in [4.69, 9.17) is 4.74 Å². The maximum Gasteiger partial charge on any atom is 0.254 e. The Hall–Kier alpha value is -2.41. The number of nitrogens with one attached hydrogen (secondary N) is 1. The van der Waals surface area contributed by atoms with Gasteiger partial charge in [-0.15, -0.1) is 11.3 Å². The van der Waals surface area contributed by atoms with Crippen LogP contribution in [0.3, 0.4) is 0 Å². The molecule has 2 heterocycles. The molecule has 1 unspecified atom stereocenters. The standard InChI is InChI=1S/C21H25N3O3S/c1-14-22-18(13-28-14)12-27-19-6-2-4-15(10-19)21(26)24-9-3-5-16(11-24)20(25)23-17-7-8-17/h2,4,6,10,13,16-17H,3,5,7-9,11-12H2,1H3,(H,23,25). The minimum Gasteiger partial charge on any atom is -0.487 e. The molecular weight excluding hydrogens is 374 g/mol. The molecule has 1 aliphatic carbocycles. The Kier molecular flexibility index (Phi) is 5.62. The number of rotatable bonds is 6. The third-order valence-corrected chi connectivity index (χ3v) is 5.96. The average Bonchev–Trinajstić information content (AvgIpc) is 3.44. The summed E-state index contributed by atoms with van der Waals surface area (Å²) in [5.41, 5.74) is 1.48. The summed E-state index contributed by atoms with van der Waals surface area (Å²) in [6, 6.07) is 7.61. The number of thiazole rings is 1. The number of hydrogen-bond donors (Lipinski definition) is 1. The number of piperidine rings is 1. The molecule has 6 nitrogen and oxygen atoms in total. The van der Waals surface area contributed by atoms with Gasteiger partial charge in [-0.2, -0.15) is 0 Å². The molecule has 1 atom stereocenters. The first kappa shape index (κ1) is 18.9. The maximum atomic E-state index is 13.0. The molecule has 0 spiro atoms. The molecule has 148 valence electrons. The Morgan fingerprint density at radius 2 is 2.18 bits per heavy atom. The van der Waals surface area contributed by atoms with Crippen LogP contribution in [-0.4, -0.2) is 40.8 Å². The van der Waals surface area contributed by atoms with Gasteiger partial charge in [0, 0.05) is 30.1 Å². The lowest BCUT2D eigenvalue weighted by atomic mass is 9.96. The molecule has 1 aromatic heterocycles. The molecule has 2 aliphatic rings. The molecule has 0 bridgehead atoms. The number of hydrogen-bond acceptors (Lipinski definition) is 5. The van der Waals surface area contributed by atoms with Crippen molar-refractivity contribution in [1.82, 2.24) is 15.2 Å². The molecule has 1 saturated heterocycles. The second-order valence-corrected chi connectivity index (χ2v) is 8.61. The van der Waals surface area contributed by atoms with Crippen molar-refractivity contribution in [3.05, 3.63) is 45.9 Å². The largest absolute Gasteiger partial charge is 0.487 e. The fraction of sp³-hybridized carbons (Fsp3) is 0.476. The van der Waals surface area contributed by atoms with E-state index < -0.39 is 0 Å². The summed E-state index contributed by atoms with van der Waals surface area (Å²) in [5.74, 6) is 0.594. The number of aromatic nitrogens is 1. The summed E-state index contributed by atoms with van der Waals surface area (Å²) >= 11 is 1.59. The van der Waals surface area contributed by atoms with E-state index in [0.29, 0.717) is 37.1 Å². The highest BCUT2D eigenvalue weighted by atomic mass is 32.1. The third kappa shape index (κ3) is 4.70. The zero-order valence-corrected chi connectivity index (χ0v) is 16.8. The van der Waals surface area contributed by atoms with Gasteiger partial charge in [0.05, 0.1) is 16.6 Å². The number of carbonyl (C=O) groups is 2. The topological polar surface area (TPSA) is 71.5 Å². The molecule has 2 aromatic rings. The Morgan fingerprint density at radius 1 is 1.32 bits per heavy atom. The van der Waals surface area contributed by atoms with E-state index >= 15 is 0 Å². The highest BCUT2D eigenvalue weighted by Crippen LogP contribution is 2.24. The molecule has 7 heteroatoms. The van der Waals surface area contributed by atoms with Crippen LogP contribution in [0.5, 0.6) is 5.75 Å². The predicted molar refractivity (Wildman–Crippen MR) is 107 cm³/mol. The van der Waals surface area contributed by atoms with Crippen LogP contribution >= 0.6 is 11.3 Å². The van der Waals surface area contributed by atoms with Gasteiger partial charge in [0.2, 0.25) is 5.91 Å². The summed E-state index contributed by atoms with van der Waals surface area (Å²) < 4.78 is 5.80. The van der Waals surface area contributed by atoms with E-state index in [-0.39, 0.29) is 17.7 Å². The lowest BCUT2D eigenvalue weighted by Crippen LogP contribution is -2.45. The van der Waals surface area contributed by atoms with Gasteiger partial charge in [0.25, 0.3) is 5.91 Å². The SMILES string of the molecule is Cc1nc(COc2cccc(C(=O)N3CCCC(C(=O)NC4CC4)C3)c2)cs1. The second-order valence-electron chi connectivity index (χ2n) is 7.55. The number of nitrogens with zero attached hydrogens (tertiary/aromatic N) is 2. The van der Waals surface area contributed by atoms with Gasteiger partial charge >= 0.3 is 0 Å². The molecule has 0 radical (unpaired) electrons. The molecule has 2 amide bonds. The van der Waals surface area contributed by atoms with Crippen LogP contribution in [0.1, 0.15) is 46.7 Å². The summed E-state index contributed by atoms with van der Waals surface area (Å²) in [5, 5.41) is 6.05. The van der Waals surface area contributed by atoms with E-state index in [9.17, 15) is 9.59 Å². The molecule has 1 saturated carbocycles. The molecule has 28 heavy (non-hydrogen) atoms. The van der Waals surface area contributed by atoms with Crippen molar-refractivity contribution in [3.63, 3.8) is 0 Å². The Bertz CT molecular complexity index is 862. The van der Waals surface area contributed by atoms with Gasteiger partial charge in [-0.05, 0) is 50.8 Å². The minimum absolute atomic E-state index is 0.0427. The monoisotopic (exact) mass is 399 g/mol. The number of benzene rings is 1. The lowest BCUT2D eigenvalue weighted by molar-refractivity contribution is -0.126. The van der Waals surface area contributed by atoms with E-state index in [1.54, 1.807) is 28.4 Å². The van der Waals surface area contributed by atoms with Crippen molar-refractivity contribution in [3.8, 4) is 5.75 Å². The minimum atomic E-state index is -0.106. The van der Waals surface area contributed by atoms with Crippen LogP contribution in [-0.2, 0) is 11.4 Å². The van der Waals surface area contributed by atoms with Gasteiger partial charge in [-0.1, -0.05) is 6.07 Å². The van der Waals surface area contributed by atoms with Crippen molar-refractivity contribution < 1.29 is 14.3 Å². The van der Waals surface area contributed by atoms with E-state index in [1.165, 1.54) is 0 Å². The van der Waals surface area contributed by atoms with Gasteiger partial charge in [-0.3, -0.25) is 9.59 Å². The number of amides is 2. The van der Waals surface area contributed by atoms with Crippen molar-refractivity contribution in [2.75, 3.05) is 13.1 Å². The summed E-state index contributed by atoms with van der Waals surface area (Å²) in [6.45, 7) is 3.52. The normalized spacial score (nSPS) is 19.3. The van der Waals surface area contributed by atoms with E-state index in [2.05, 4.69) is 10.3 Å². The Balaban J connectivity index is 1.37. The van der Waals surface area contributed by atoms with Gasteiger partial charge in [0.1, 0.15) is 12.4 Å². The Morgan fingerprint density at radius 3 is 2.93 bits per heavy atom. The van der Waals surface area contributed by atoms with Gasteiger partial charge in [0.15, 0.2) is 0 Å². The van der Waals surface area contributed by atoms with Crippen LogP contribution in [0.2, 0.25) is 0 Å². The second kappa shape index (κ2) is 8.31. The van der Waals surface area contributed by atoms with Crippen LogP contribution in [0, 0.1) is 12.8 Å². The van der Waals surface area contributed by atoms with Crippen LogP contribution in [0.4, 0.5) is 0 Å². The smallest absolute Gasteiger partial charge is 0.254 e. The summed E-state index contributed by atoms with van der Waals surface area (Å²) in [4.78, 5) is 31.5. The zero-order valence-electron chi connectivity index (χ0n) is 16.0. The highest BCUT2D eigenvalue weighted by Gasteiger charge is 2.32. The molecule has 1 N–H and O–H groups in total.